The summed E-state index contributed by atoms with van der Waals surface area (Å²) in [5, 5.41) is 19.0. The molecule has 9 amide bonds. The molecule has 3 atom stereocenters. The molecule has 4 aromatic rings. The SMILES string of the molecule is CC[C@H]1C(=O)OCc2c1cc1n(c2=O)Cc2c-1nc1cc(F)c(C)c3c1c2[C@@H](NC(=O)COCNC(=O)CNC(=O)[C@H](Cc1ccccc1)NC(=O)CNC(=O)CNC(=O)COCCOCCOCCOCCOCCOCCOCCOCCOCCNC(=O)C1CCC(CN2C(=O)C=CC2=O)CC1)CC3. The predicted molar refractivity (Wildman–Crippen MR) is 379 cm³/mol. The zero-order valence-electron chi connectivity index (χ0n) is 60.5. The van der Waals surface area contributed by atoms with E-state index < -0.39 is 98.2 Å². The maximum absolute atomic E-state index is 15.4. The number of pyridine rings is 2. The lowest BCUT2D eigenvalue weighted by molar-refractivity contribution is -0.148. The van der Waals surface area contributed by atoms with Crippen LogP contribution in [0, 0.1) is 24.6 Å². The van der Waals surface area contributed by atoms with Crippen molar-refractivity contribution >= 4 is 70.0 Å². The molecule has 0 saturated heterocycles. The molecule has 2 aromatic carbocycles. The van der Waals surface area contributed by atoms with Gasteiger partial charge in [-0.3, -0.25) is 57.6 Å². The van der Waals surface area contributed by atoms with Crippen molar-refractivity contribution in [1.82, 2.24) is 51.7 Å². The molecule has 2 aromatic heterocycles. The monoisotopic (exact) mass is 1500 g/mol. The van der Waals surface area contributed by atoms with E-state index in [1.54, 1.807) is 47.9 Å². The number of amides is 9. The molecule has 1 fully saturated rings. The van der Waals surface area contributed by atoms with Crippen LogP contribution in [-0.4, -0.2) is 245 Å². The van der Waals surface area contributed by atoms with Crippen LogP contribution in [-0.2, 0) is 126 Å². The summed E-state index contributed by atoms with van der Waals surface area (Å²) in [7, 11) is 0. The van der Waals surface area contributed by atoms with Gasteiger partial charge in [-0.05, 0) is 91.7 Å². The third-order valence-electron chi connectivity index (χ3n) is 18.7. The number of imide groups is 1. The van der Waals surface area contributed by atoms with Gasteiger partial charge in [0.1, 0.15) is 38.4 Å². The number of aryl methyl sites for hydroxylation is 1. The normalized spacial score (nSPS) is 17.2. The first-order chi connectivity index (χ1) is 52.0. The van der Waals surface area contributed by atoms with Crippen LogP contribution in [0.25, 0.3) is 22.3 Å². The number of ether oxygens (including phenoxy) is 11. The summed E-state index contributed by atoms with van der Waals surface area (Å²) >= 11 is 0. The topological polar surface area (TPSA) is 395 Å². The number of carbonyl (C=O) groups excluding carboxylic acids is 10. The number of rotatable bonds is 48. The third-order valence-corrected chi connectivity index (χ3v) is 18.7. The number of aromatic nitrogens is 2. The first-order valence-corrected chi connectivity index (χ1v) is 36.3. The molecule has 33 heteroatoms. The average molecular weight is 1500 g/mol. The van der Waals surface area contributed by atoms with Gasteiger partial charge in [-0.25, -0.2) is 9.37 Å². The minimum absolute atomic E-state index is 0.00684. The van der Waals surface area contributed by atoms with Crippen molar-refractivity contribution in [2.24, 2.45) is 11.8 Å². The van der Waals surface area contributed by atoms with Gasteiger partial charge in [0.25, 0.3) is 17.4 Å². The van der Waals surface area contributed by atoms with Crippen molar-refractivity contribution in [3.8, 4) is 11.4 Å². The molecule has 3 aliphatic heterocycles. The number of carbonyl (C=O) groups is 10. The molecule has 9 rings (SSSR count). The Balaban J connectivity index is 0.534. The van der Waals surface area contributed by atoms with Crippen molar-refractivity contribution in [2.75, 3.05) is 165 Å². The summed E-state index contributed by atoms with van der Waals surface area (Å²) < 4.78 is 77.3. The predicted octanol–water partition coefficient (Wildman–Crippen LogP) is 0.690. The molecular formula is C74H97FN10O22. The molecule has 0 spiro atoms. The van der Waals surface area contributed by atoms with E-state index in [0.29, 0.717) is 181 Å². The van der Waals surface area contributed by atoms with Crippen molar-refractivity contribution in [3.05, 3.63) is 110 Å². The van der Waals surface area contributed by atoms with Gasteiger partial charge in [-0.15, -0.1) is 0 Å². The second-order valence-corrected chi connectivity index (χ2v) is 26.0. The molecule has 0 radical (unpaired) electrons. The molecule has 0 bridgehead atoms. The van der Waals surface area contributed by atoms with Crippen molar-refractivity contribution in [2.45, 2.75) is 96.4 Å². The highest BCUT2D eigenvalue weighted by Gasteiger charge is 2.39. The zero-order chi connectivity index (χ0) is 75.9. The molecule has 5 aliphatic rings. The van der Waals surface area contributed by atoms with Gasteiger partial charge in [0.05, 0.1) is 173 Å². The van der Waals surface area contributed by atoms with Crippen molar-refractivity contribution in [3.63, 3.8) is 0 Å². The van der Waals surface area contributed by atoms with Gasteiger partial charge in [-0.1, -0.05) is 37.3 Å². The molecular weight excluding hydrogens is 1400 g/mol. The zero-order valence-corrected chi connectivity index (χ0v) is 60.5. The summed E-state index contributed by atoms with van der Waals surface area (Å²) in [5.74, 6) is -5.74. The molecule has 582 valence electrons. The molecule has 7 N–H and O–H groups in total. The number of hydrogen-bond donors (Lipinski definition) is 7. The van der Waals surface area contributed by atoms with Crippen molar-refractivity contribution < 1.29 is 104 Å². The van der Waals surface area contributed by atoms with Crippen LogP contribution in [0.5, 0.6) is 0 Å². The number of cyclic esters (lactones) is 1. The van der Waals surface area contributed by atoms with E-state index in [4.69, 9.17) is 57.1 Å². The van der Waals surface area contributed by atoms with E-state index in [-0.39, 0.29) is 81.1 Å². The molecule has 32 nitrogen and oxygen atoms in total. The fourth-order valence-electron chi connectivity index (χ4n) is 13.2. The first-order valence-electron chi connectivity index (χ1n) is 36.3. The Labute approximate surface area is 618 Å². The number of nitrogens with one attached hydrogen (secondary N) is 7. The minimum Gasteiger partial charge on any atom is -0.460 e. The lowest BCUT2D eigenvalue weighted by atomic mass is 9.81. The number of benzene rings is 2. The smallest absolute Gasteiger partial charge is 0.313 e. The number of hydrogen-bond acceptors (Lipinski definition) is 23. The average Bonchev–Trinajstić information content (AvgIpc) is 1.60. The van der Waals surface area contributed by atoms with Crippen molar-refractivity contribution in [1.29, 1.82) is 0 Å². The van der Waals surface area contributed by atoms with E-state index >= 15 is 4.39 Å². The second-order valence-electron chi connectivity index (χ2n) is 26.0. The van der Waals surface area contributed by atoms with E-state index in [9.17, 15) is 52.7 Å². The third kappa shape index (κ3) is 24.8. The van der Waals surface area contributed by atoms with Gasteiger partial charge in [0.15, 0.2) is 0 Å². The largest absolute Gasteiger partial charge is 0.460 e. The number of esters is 1. The van der Waals surface area contributed by atoms with Crippen LogP contribution in [0.15, 0.2) is 59.4 Å². The Hall–Kier alpha value is -9.03. The molecule has 1 saturated carbocycles. The fraction of sp³-hybridized carbons (Fsp3) is 0.568. The Morgan fingerprint density at radius 3 is 1.79 bits per heavy atom. The number of halogens is 1. The van der Waals surface area contributed by atoms with Crippen LogP contribution < -0.4 is 42.8 Å². The van der Waals surface area contributed by atoms with Gasteiger partial charge in [-0.2, -0.15) is 0 Å². The van der Waals surface area contributed by atoms with E-state index in [2.05, 4.69) is 37.2 Å². The summed E-state index contributed by atoms with van der Waals surface area (Å²) in [4.78, 5) is 147. The van der Waals surface area contributed by atoms with Gasteiger partial charge < -0.3 is 93.9 Å². The quantitative estimate of drug-likeness (QED) is 0.0122. The van der Waals surface area contributed by atoms with Crippen LogP contribution >= 0.6 is 0 Å². The van der Waals surface area contributed by atoms with E-state index in [1.165, 1.54) is 23.1 Å². The van der Waals surface area contributed by atoms with Gasteiger partial charge in [0.2, 0.25) is 41.4 Å². The Morgan fingerprint density at radius 1 is 0.607 bits per heavy atom. The van der Waals surface area contributed by atoms with Crippen LogP contribution in [0.2, 0.25) is 0 Å². The van der Waals surface area contributed by atoms with Gasteiger partial charge in [0, 0.05) is 54.6 Å². The first kappa shape index (κ1) is 82.0. The highest BCUT2D eigenvalue weighted by Crippen LogP contribution is 2.46. The van der Waals surface area contributed by atoms with Crippen LogP contribution in [0.4, 0.5) is 4.39 Å². The summed E-state index contributed by atoms with van der Waals surface area (Å²) in [6.45, 7) is 7.59. The lowest BCUT2D eigenvalue weighted by Gasteiger charge is -2.30. The standard InChI is InChI=1S/C74H97FN10O22/c1-3-51-53-36-60-70-54(42-84(60)73(95)55(53)43-107-74(51)96)69-57(14-13-52-47(2)56(75)37-58(83-70)68(52)69)81-65(90)45-106-46-80-62(87)39-79-72(94)59(35-48-7-5-4-6-8-48)82-63(88)40-77-61(86)38-78-64(89)44-105-34-33-104-32-31-103-30-29-102-28-27-101-26-25-100-24-23-99-22-21-98-20-19-97-18-17-76-71(93)50-11-9-49(10-12-50)41-85-66(91)15-16-67(85)92/h4-8,15-16,36-37,49-51,57,59H,3,9-14,17-35,38-46H2,1-2H3,(H,76,93)(H,77,86)(H,78,89)(H,79,94)(H,80,87)(H,81,90)(H,82,88)/t49?,50?,51-,57+,59+/m1/s1. The Morgan fingerprint density at radius 2 is 1.17 bits per heavy atom. The number of fused-ring (bicyclic) bond motifs is 5. The Bertz CT molecular complexity index is 3820. The number of nitrogens with zero attached hydrogens (tertiary/aromatic N) is 3. The molecule has 107 heavy (non-hydrogen) atoms. The maximum atomic E-state index is 15.4. The van der Waals surface area contributed by atoms with Crippen LogP contribution in [0.1, 0.15) is 96.4 Å². The summed E-state index contributed by atoms with van der Waals surface area (Å²) in [6, 6.07) is 10.2. The highest BCUT2D eigenvalue weighted by molar-refractivity contribution is 6.13. The highest BCUT2D eigenvalue weighted by atomic mass is 19.1. The van der Waals surface area contributed by atoms with Crippen LogP contribution in [0.3, 0.4) is 0 Å². The maximum Gasteiger partial charge on any atom is 0.313 e. The molecule has 2 aliphatic carbocycles. The minimum atomic E-state index is -1.17. The second kappa shape index (κ2) is 43.1. The molecule has 5 heterocycles. The van der Waals surface area contributed by atoms with E-state index in [1.807, 2.05) is 6.92 Å². The lowest BCUT2D eigenvalue weighted by Crippen LogP contribution is -2.52. The van der Waals surface area contributed by atoms with Gasteiger partial charge >= 0.3 is 5.97 Å². The fourth-order valence-corrected chi connectivity index (χ4v) is 13.2. The Kier molecular flexibility index (Phi) is 33.0. The summed E-state index contributed by atoms with van der Waals surface area (Å²) in [5.41, 5.74) is 5.31. The van der Waals surface area contributed by atoms with E-state index in [0.717, 1.165) is 31.2 Å². The summed E-state index contributed by atoms with van der Waals surface area (Å²) in [6.07, 6.45) is 6.94. The molecule has 0 unspecified atom stereocenters.